The standard InChI is InChI=1S/C21H15ClN4O2S/c22-17-9-5-4-6-14(17)12-16-13-23-21(29-16)24-20(28)18-10-11-19(27)26(25-18)15-7-2-1-3-8-15/h1-11,13H,12H2,(H,23,24,28). The largest absolute Gasteiger partial charge is 0.296 e. The molecule has 2 aromatic carbocycles. The average Bonchev–Trinajstić information content (AvgIpc) is 3.17. The number of nitrogens with zero attached hydrogens (tertiary/aromatic N) is 3. The van der Waals surface area contributed by atoms with Crippen LogP contribution in [0.3, 0.4) is 0 Å². The van der Waals surface area contributed by atoms with Crippen LogP contribution in [0.2, 0.25) is 5.02 Å². The zero-order valence-corrected chi connectivity index (χ0v) is 16.7. The molecule has 29 heavy (non-hydrogen) atoms. The van der Waals surface area contributed by atoms with Gasteiger partial charge < -0.3 is 0 Å². The van der Waals surface area contributed by atoms with Gasteiger partial charge in [0.15, 0.2) is 5.13 Å². The highest BCUT2D eigenvalue weighted by Gasteiger charge is 2.13. The molecule has 8 heteroatoms. The van der Waals surface area contributed by atoms with Crippen LogP contribution in [-0.4, -0.2) is 20.7 Å². The lowest BCUT2D eigenvalue weighted by atomic mass is 10.1. The molecular weight excluding hydrogens is 408 g/mol. The number of hydrogen-bond donors (Lipinski definition) is 1. The summed E-state index contributed by atoms with van der Waals surface area (Å²) in [6.45, 7) is 0. The summed E-state index contributed by atoms with van der Waals surface area (Å²) in [6, 6.07) is 19.3. The third-order valence-electron chi connectivity index (χ3n) is 4.13. The van der Waals surface area contributed by atoms with Crippen molar-refractivity contribution in [1.29, 1.82) is 0 Å². The first-order valence-corrected chi connectivity index (χ1v) is 9.95. The molecule has 0 aliphatic rings. The lowest BCUT2D eigenvalue weighted by Crippen LogP contribution is -2.24. The van der Waals surface area contributed by atoms with Gasteiger partial charge in [0, 0.05) is 28.6 Å². The maximum absolute atomic E-state index is 12.6. The van der Waals surface area contributed by atoms with Crippen LogP contribution in [0, 0.1) is 0 Å². The van der Waals surface area contributed by atoms with Gasteiger partial charge in [-0.3, -0.25) is 14.9 Å². The zero-order chi connectivity index (χ0) is 20.2. The molecule has 0 fully saturated rings. The zero-order valence-electron chi connectivity index (χ0n) is 15.1. The fourth-order valence-electron chi connectivity index (χ4n) is 2.72. The Morgan fingerprint density at radius 2 is 1.79 bits per heavy atom. The number of carbonyl (C=O) groups excluding carboxylic acids is 1. The fraction of sp³-hybridized carbons (Fsp3) is 0.0476. The van der Waals surface area contributed by atoms with E-state index in [1.165, 1.54) is 28.2 Å². The molecule has 1 amide bonds. The summed E-state index contributed by atoms with van der Waals surface area (Å²) in [6.07, 6.45) is 2.34. The molecule has 0 aliphatic carbocycles. The maximum atomic E-state index is 12.6. The normalized spacial score (nSPS) is 10.7. The van der Waals surface area contributed by atoms with Crippen molar-refractivity contribution in [3.05, 3.63) is 104 Å². The minimum Gasteiger partial charge on any atom is -0.296 e. The Balaban J connectivity index is 1.51. The Kier molecular flexibility index (Phi) is 5.50. The summed E-state index contributed by atoms with van der Waals surface area (Å²) in [5, 5.41) is 8.06. The summed E-state index contributed by atoms with van der Waals surface area (Å²) in [5.41, 5.74) is 1.39. The highest BCUT2D eigenvalue weighted by molar-refractivity contribution is 7.15. The van der Waals surface area contributed by atoms with E-state index in [1.54, 1.807) is 30.5 Å². The molecule has 144 valence electrons. The van der Waals surface area contributed by atoms with Gasteiger partial charge in [-0.15, -0.1) is 11.3 Å². The molecule has 0 unspecified atom stereocenters. The summed E-state index contributed by atoms with van der Waals surface area (Å²) < 4.78 is 1.19. The number of thiazole rings is 1. The molecule has 0 bridgehead atoms. The van der Waals surface area contributed by atoms with Gasteiger partial charge in [0.05, 0.1) is 5.69 Å². The molecule has 0 atom stereocenters. The Bertz CT molecular complexity index is 1220. The molecule has 2 aromatic heterocycles. The van der Waals surface area contributed by atoms with E-state index in [1.807, 2.05) is 30.3 Å². The number of benzene rings is 2. The summed E-state index contributed by atoms with van der Waals surface area (Å²) >= 11 is 7.57. The predicted molar refractivity (Wildman–Crippen MR) is 114 cm³/mol. The lowest BCUT2D eigenvalue weighted by molar-refractivity contribution is 0.102. The maximum Gasteiger partial charge on any atom is 0.277 e. The second-order valence-corrected chi connectivity index (χ2v) is 7.68. The molecular formula is C21H15ClN4O2S. The number of amides is 1. The number of halogens is 1. The first-order valence-electron chi connectivity index (χ1n) is 8.75. The van der Waals surface area contributed by atoms with Crippen molar-refractivity contribution < 1.29 is 4.79 Å². The first kappa shape index (κ1) is 19.0. The van der Waals surface area contributed by atoms with Crippen molar-refractivity contribution >= 4 is 34.0 Å². The summed E-state index contributed by atoms with van der Waals surface area (Å²) in [5.74, 6) is -0.437. The quantitative estimate of drug-likeness (QED) is 0.523. The Labute approximate surface area is 175 Å². The van der Waals surface area contributed by atoms with Crippen LogP contribution < -0.4 is 10.9 Å². The molecule has 0 spiro atoms. The Hall–Kier alpha value is -3.29. The molecule has 2 heterocycles. The van der Waals surface area contributed by atoms with E-state index in [4.69, 9.17) is 11.6 Å². The van der Waals surface area contributed by atoms with Gasteiger partial charge >= 0.3 is 0 Å². The number of para-hydroxylation sites is 1. The smallest absolute Gasteiger partial charge is 0.277 e. The van der Waals surface area contributed by atoms with E-state index < -0.39 is 5.91 Å². The van der Waals surface area contributed by atoms with E-state index in [0.29, 0.717) is 22.3 Å². The Morgan fingerprint density at radius 1 is 1.03 bits per heavy atom. The second kappa shape index (κ2) is 8.38. The average molecular weight is 423 g/mol. The minimum absolute atomic E-state index is 0.122. The number of rotatable bonds is 5. The molecule has 4 rings (SSSR count). The molecule has 0 radical (unpaired) electrons. The van der Waals surface area contributed by atoms with Crippen molar-refractivity contribution in [3.8, 4) is 5.69 Å². The van der Waals surface area contributed by atoms with Gasteiger partial charge in [-0.2, -0.15) is 9.78 Å². The van der Waals surface area contributed by atoms with Crippen molar-refractivity contribution in [3.63, 3.8) is 0 Å². The van der Waals surface area contributed by atoms with E-state index >= 15 is 0 Å². The third kappa shape index (κ3) is 4.42. The molecule has 4 aromatic rings. The number of hydrogen-bond acceptors (Lipinski definition) is 5. The van der Waals surface area contributed by atoms with Crippen molar-refractivity contribution in [2.75, 3.05) is 5.32 Å². The van der Waals surface area contributed by atoms with Crippen molar-refractivity contribution in [2.24, 2.45) is 0 Å². The first-order chi connectivity index (χ1) is 14.1. The summed E-state index contributed by atoms with van der Waals surface area (Å²) in [4.78, 5) is 29.9. The minimum atomic E-state index is -0.437. The second-order valence-electron chi connectivity index (χ2n) is 6.16. The third-order valence-corrected chi connectivity index (χ3v) is 5.41. The Morgan fingerprint density at radius 3 is 2.59 bits per heavy atom. The predicted octanol–water partition coefficient (Wildman–Crippen LogP) is 4.19. The lowest BCUT2D eigenvalue weighted by Gasteiger charge is -2.06. The van der Waals surface area contributed by atoms with Gasteiger partial charge in [-0.05, 0) is 29.8 Å². The number of aromatic nitrogens is 3. The topological polar surface area (TPSA) is 76.9 Å². The summed E-state index contributed by atoms with van der Waals surface area (Å²) in [7, 11) is 0. The molecule has 0 saturated carbocycles. The molecule has 0 saturated heterocycles. The molecule has 1 N–H and O–H groups in total. The van der Waals surface area contributed by atoms with Crippen LogP contribution >= 0.6 is 22.9 Å². The number of nitrogens with one attached hydrogen (secondary N) is 1. The van der Waals surface area contributed by atoms with E-state index in [9.17, 15) is 9.59 Å². The molecule has 6 nitrogen and oxygen atoms in total. The van der Waals surface area contributed by atoms with Crippen LogP contribution in [0.5, 0.6) is 0 Å². The van der Waals surface area contributed by atoms with Crippen molar-refractivity contribution in [1.82, 2.24) is 14.8 Å². The van der Waals surface area contributed by atoms with Gasteiger partial charge in [-0.25, -0.2) is 4.98 Å². The number of anilines is 1. The monoisotopic (exact) mass is 422 g/mol. The van der Waals surface area contributed by atoms with Crippen LogP contribution in [0.4, 0.5) is 5.13 Å². The van der Waals surface area contributed by atoms with E-state index in [-0.39, 0.29) is 11.3 Å². The molecule has 0 aliphatic heterocycles. The van der Waals surface area contributed by atoms with Gasteiger partial charge in [0.25, 0.3) is 11.5 Å². The van der Waals surface area contributed by atoms with Crippen LogP contribution in [0.25, 0.3) is 5.69 Å². The fourth-order valence-corrected chi connectivity index (χ4v) is 3.76. The highest BCUT2D eigenvalue weighted by atomic mass is 35.5. The van der Waals surface area contributed by atoms with E-state index in [0.717, 1.165) is 10.4 Å². The van der Waals surface area contributed by atoms with Crippen LogP contribution in [0.1, 0.15) is 20.9 Å². The van der Waals surface area contributed by atoms with E-state index in [2.05, 4.69) is 15.4 Å². The SMILES string of the molecule is O=C(Nc1ncc(Cc2ccccc2Cl)s1)c1ccc(=O)n(-c2ccccc2)n1. The van der Waals surface area contributed by atoms with Gasteiger partial charge in [-0.1, -0.05) is 48.0 Å². The van der Waals surface area contributed by atoms with Crippen LogP contribution in [-0.2, 0) is 6.42 Å². The van der Waals surface area contributed by atoms with Gasteiger partial charge in [0.1, 0.15) is 5.69 Å². The number of carbonyl (C=O) groups is 1. The van der Waals surface area contributed by atoms with Gasteiger partial charge in [0.2, 0.25) is 0 Å². The van der Waals surface area contributed by atoms with Crippen molar-refractivity contribution in [2.45, 2.75) is 6.42 Å². The van der Waals surface area contributed by atoms with Crippen LogP contribution in [0.15, 0.2) is 77.7 Å². The highest BCUT2D eigenvalue weighted by Crippen LogP contribution is 2.24.